The number of rotatable bonds is 3. The van der Waals surface area contributed by atoms with Crippen molar-refractivity contribution in [3.8, 4) is 0 Å². The standard InChI is InChI=1S/C11H7ClF3N3O4/c12-6-2-7-5(1-8(6)18(21)22)10(20)17(4-16-7)3-9(19)11(13,14)15/h1-2,4,9,19H,3H2/t9-/m0/s1. The number of aliphatic hydroxyl groups is 1. The second kappa shape index (κ2) is 5.54. The Hall–Kier alpha value is -2.20. The molecular weight excluding hydrogens is 331 g/mol. The highest BCUT2D eigenvalue weighted by Crippen LogP contribution is 2.27. The van der Waals surface area contributed by atoms with Gasteiger partial charge in [0.2, 0.25) is 0 Å². The summed E-state index contributed by atoms with van der Waals surface area (Å²) in [5.41, 5.74) is -1.52. The van der Waals surface area contributed by atoms with Gasteiger partial charge in [0.25, 0.3) is 11.2 Å². The van der Waals surface area contributed by atoms with Gasteiger partial charge in [0.15, 0.2) is 6.10 Å². The van der Waals surface area contributed by atoms with E-state index >= 15 is 0 Å². The molecule has 1 heterocycles. The fraction of sp³-hybridized carbons (Fsp3) is 0.273. The van der Waals surface area contributed by atoms with Gasteiger partial charge in [-0.15, -0.1) is 0 Å². The number of aromatic nitrogens is 2. The summed E-state index contributed by atoms with van der Waals surface area (Å²) >= 11 is 5.66. The molecule has 11 heteroatoms. The Labute approximate surface area is 124 Å². The number of hydrogen-bond acceptors (Lipinski definition) is 5. The molecule has 0 saturated heterocycles. The predicted octanol–water partition coefficient (Wildman–Crippen LogP) is 1.88. The van der Waals surface area contributed by atoms with E-state index in [1.54, 1.807) is 0 Å². The summed E-state index contributed by atoms with van der Waals surface area (Å²) < 4.78 is 37.5. The highest BCUT2D eigenvalue weighted by molar-refractivity contribution is 6.33. The maximum absolute atomic E-state index is 12.3. The lowest BCUT2D eigenvalue weighted by atomic mass is 10.2. The molecule has 2 rings (SSSR count). The Morgan fingerprint density at radius 2 is 2.09 bits per heavy atom. The van der Waals surface area contributed by atoms with Gasteiger partial charge in [-0.25, -0.2) is 4.98 Å². The molecule has 0 radical (unpaired) electrons. The number of nitrogens with zero attached hydrogens (tertiary/aromatic N) is 3. The van der Waals surface area contributed by atoms with E-state index in [0.29, 0.717) is 4.57 Å². The molecule has 1 N–H and O–H groups in total. The number of alkyl halides is 3. The SMILES string of the molecule is O=c1c2cc([N+](=O)[O-])c(Cl)cc2ncn1C[C@H](O)C(F)(F)F. The fourth-order valence-corrected chi connectivity index (χ4v) is 1.96. The van der Waals surface area contributed by atoms with Crippen molar-refractivity contribution in [3.05, 3.63) is 44.0 Å². The first kappa shape index (κ1) is 16.2. The van der Waals surface area contributed by atoms with E-state index < -0.39 is 35.0 Å². The van der Waals surface area contributed by atoms with E-state index in [9.17, 15) is 28.1 Å². The smallest absolute Gasteiger partial charge is 0.382 e. The first-order chi connectivity index (χ1) is 10.1. The van der Waals surface area contributed by atoms with Crippen molar-refractivity contribution in [2.45, 2.75) is 18.8 Å². The van der Waals surface area contributed by atoms with Gasteiger partial charge in [0, 0.05) is 6.07 Å². The van der Waals surface area contributed by atoms with Crippen LogP contribution in [0.5, 0.6) is 0 Å². The van der Waals surface area contributed by atoms with Crippen LogP contribution in [0.1, 0.15) is 0 Å². The lowest BCUT2D eigenvalue weighted by Crippen LogP contribution is -2.36. The molecule has 1 atom stereocenters. The Morgan fingerprint density at radius 1 is 1.45 bits per heavy atom. The van der Waals surface area contributed by atoms with Crippen LogP contribution in [0.15, 0.2) is 23.3 Å². The molecule has 0 aliphatic rings. The largest absolute Gasteiger partial charge is 0.416 e. The second-order valence-corrected chi connectivity index (χ2v) is 4.74. The summed E-state index contributed by atoms with van der Waals surface area (Å²) in [4.78, 5) is 25.7. The molecule has 0 fully saturated rings. The van der Waals surface area contributed by atoms with E-state index in [-0.39, 0.29) is 15.9 Å². The van der Waals surface area contributed by atoms with Gasteiger partial charge in [-0.2, -0.15) is 13.2 Å². The minimum atomic E-state index is -4.90. The highest BCUT2D eigenvalue weighted by atomic mass is 35.5. The second-order valence-electron chi connectivity index (χ2n) is 4.34. The lowest BCUT2D eigenvalue weighted by molar-refractivity contribution is -0.384. The lowest BCUT2D eigenvalue weighted by Gasteiger charge is -2.15. The summed E-state index contributed by atoms with van der Waals surface area (Å²) in [7, 11) is 0. The summed E-state index contributed by atoms with van der Waals surface area (Å²) in [5, 5.41) is 19.2. The van der Waals surface area contributed by atoms with Gasteiger partial charge >= 0.3 is 6.18 Å². The van der Waals surface area contributed by atoms with Crippen molar-refractivity contribution >= 4 is 28.2 Å². The minimum absolute atomic E-state index is 0.00153. The van der Waals surface area contributed by atoms with E-state index in [0.717, 1.165) is 18.5 Å². The fourth-order valence-electron chi connectivity index (χ4n) is 1.73. The van der Waals surface area contributed by atoms with Crippen LogP contribution in [-0.4, -0.2) is 31.9 Å². The van der Waals surface area contributed by atoms with Crippen molar-refractivity contribution in [2.24, 2.45) is 0 Å². The molecule has 0 bridgehead atoms. The zero-order valence-corrected chi connectivity index (χ0v) is 11.3. The molecule has 0 unspecified atom stereocenters. The molecule has 0 saturated carbocycles. The molecule has 22 heavy (non-hydrogen) atoms. The molecule has 2 aromatic rings. The number of hydrogen-bond donors (Lipinski definition) is 1. The van der Waals surface area contributed by atoms with Crippen molar-refractivity contribution in [1.29, 1.82) is 0 Å². The first-order valence-electron chi connectivity index (χ1n) is 5.69. The van der Waals surface area contributed by atoms with Gasteiger partial charge in [-0.05, 0) is 6.07 Å². The van der Waals surface area contributed by atoms with Crippen LogP contribution in [0, 0.1) is 10.1 Å². The van der Waals surface area contributed by atoms with Gasteiger partial charge in [0.05, 0.1) is 28.7 Å². The molecular formula is C11H7ClF3N3O4. The third kappa shape index (κ3) is 3.02. The molecule has 0 amide bonds. The summed E-state index contributed by atoms with van der Waals surface area (Å²) in [6.07, 6.45) is -6.85. The van der Waals surface area contributed by atoms with Gasteiger partial charge in [0.1, 0.15) is 5.02 Å². The van der Waals surface area contributed by atoms with Crippen LogP contribution in [0.2, 0.25) is 5.02 Å². The number of benzene rings is 1. The number of halogens is 4. The number of fused-ring (bicyclic) bond motifs is 1. The van der Waals surface area contributed by atoms with Crippen molar-refractivity contribution < 1.29 is 23.2 Å². The van der Waals surface area contributed by atoms with Crippen LogP contribution < -0.4 is 5.56 Å². The molecule has 0 spiro atoms. The van der Waals surface area contributed by atoms with E-state index in [2.05, 4.69) is 4.98 Å². The van der Waals surface area contributed by atoms with E-state index in [4.69, 9.17) is 16.7 Å². The number of aliphatic hydroxyl groups excluding tert-OH is 1. The average molecular weight is 338 g/mol. The van der Waals surface area contributed by atoms with Crippen molar-refractivity contribution in [2.75, 3.05) is 0 Å². The molecule has 0 aliphatic carbocycles. The Kier molecular flexibility index (Phi) is 4.07. The van der Waals surface area contributed by atoms with Crippen LogP contribution in [0.4, 0.5) is 18.9 Å². The van der Waals surface area contributed by atoms with Crippen LogP contribution in [0.3, 0.4) is 0 Å². The van der Waals surface area contributed by atoms with Crippen LogP contribution in [0.25, 0.3) is 10.9 Å². The highest BCUT2D eigenvalue weighted by Gasteiger charge is 2.38. The average Bonchev–Trinajstić information content (AvgIpc) is 2.40. The Morgan fingerprint density at radius 3 is 2.64 bits per heavy atom. The van der Waals surface area contributed by atoms with E-state index in [1.807, 2.05) is 0 Å². The van der Waals surface area contributed by atoms with E-state index in [1.165, 1.54) is 0 Å². The molecule has 1 aromatic heterocycles. The zero-order chi connectivity index (χ0) is 16.7. The van der Waals surface area contributed by atoms with Crippen molar-refractivity contribution in [3.63, 3.8) is 0 Å². The molecule has 118 valence electrons. The van der Waals surface area contributed by atoms with Crippen LogP contribution in [-0.2, 0) is 6.54 Å². The number of nitro benzene ring substituents is 1. The zero-order valence-electron chi connectivity index (χ0n) is 10.5. The summed E-state index contributed by atoms with van der Waals surface area (Å²) in [5.74, 6) is 0. The van der Waals surface area contributed by atoms with Crippen LogP contribution >= 0.6 is 11.6 Å². The monoisotopic (exact) mass is 337 g/mol. The normalized spacial score (nSPS) is 13.3. The van der Waals surface area contributed by atoms with Gasteiger partial charge < -0.3 is 5.11 Å². The maximum atomic E-state index is 12.3. The topological polar surface area (TPSA) is 98.3 Å². The summed E-state index contributed by atoms with van der Waals surface area (Å²) in [6.45, 7) is -1.07. The first-order valence-corrected chi connectivity index (χ1v) is 6.07. The minimum Gasteiger partial charge on any atom is -0.382 e. The maximum Gasteiger partial charge on any atom is 0.416 e. The van der Waals surface area contributed by atoms with Gasteiger partial charge in [-0.3, -0.25) is 19.5 Å². The quantitative estimate of drug-likeness (QED) is 0.681. The summed E-state index contributed by atoms with van der Waals surface area (Å²) in [6, 6.07) is 1.91. The molecule has 1 aromatic carbocycles. The molecule has 0 aliphatic heterocycles. The molecule has 7 nitrogen and oxygen atoms in total. The Balaban J connectivity index is 2.56. The number of nitro groups is 1. The third-order valence-corrected chi connectivity index (χ3v) is 3.14. The van der Waals surface area contributed by atoms with Gasteiger partial charge in [-0.1, -0.05) is 11.6 Å². The predicted molar refractivity (Wildman–Crippen MR) is 69.7 cm³/mol. The van der Waals surface area contributed by atoms with Crippen molar-refractivity contribution in [1.82, 2.24) is 9.55 Å². The third-order valence-electron chi connectivity index (χ3n) is 2.84. The Bertz CT molecular complexity index is 805.